The van der Waals surface area contributed by atoms with Gasteiger partial charge in [-0.15, -0.1) is 11.3 Å². The number of halogens is 1. The van der Waals surface area contributed by atoms with Crippen LogP contribution in [0.25, 0.3) is 0 Å². The van der Waals surface area contributed by atoms with Crippen LogP contribution in [0.2, 0.25) is 4.34 Å². The lowest BCUT2D eigenvalue weighted by Crippen LogP contribution is -2.42. The minimum atomic E-state index is 0.747. The summed E-state index contributed by atoms with van der Waals surface area (Å²) < 4.78 is 0.904. The third kappa shape index (κ3) is 3.95. The molecule has 1 N–H and O–H groups in total. The maximum Gasteiger partial charge on any atom is 0.0931 e. The van der Waals surface area contributed by atoms with Gasteiger partial charge in [0.2, 0.25) is 0 Å². The van der Waals surface area contributed by atoms with Gasteiger partial charge in [0.1, 0.15) is 0 Å². The number of thiophene rings is 1. The largest absolute Gasteiger partial charge is 0.317 e. The molecule has 4 heteroatoms. The maximum absolute atomic E-state index is 6.00. The highest BCUT2D eigenvalue weighted by atomic mass is 35.5. The first-order valence-electron chi connectivity index (χ1n) is 6.48. The molecule has 17 heavy (non-hydrogen) atoms. The molecule has 0 atom stereocenters. The highest BCUT2D eigenvalue weighted by Crippen LogP contribution is 2.24. The average molecular weight is 273 g/mol. The Hall–Kier alpha value is -0.0900. The van der Waals surface area contributed by atoms with Crippen LogP contribution >= 0.6 is 22.9 Å². The predicted molar refractivity (Wildman–Crippen MR) is 75.9 cm³/mol. The highest BCUT2D eigenvalue weighted by Gasteiger charge is 2.20. The molecule has 1 aliphatic heterocycles. The monoisotopic (exact) mass is 272 g/mol. The van der Waals surface area contributed by atoms with Gasteiger partial charge in [0.25, 0.3) is 0 Å². The second kappa shape index (κ2) is 6.74. The lowest BCUT2D eigenvalue weighted by atomic mass is 10.0. The molecule has 1 fully saturated rings. The minimum absolute atomic E-state index is 0.747. The van der Waals surface area contributed by atoms with Gasteiger partial charge in [-0.25, -0.2) is 0 Å². The Morgan fingerprint density at radius 1 is 1.41 bits per heavy atom. The van der Waals surface area contributed by atoms with Gasteiger partial charge < -0.3 is 5.32 Å². The van der Waals surface area contributed by atoms with Crippen LogP contribution in [0, 0.1) is 0 Å². The van der Waals surface area contributed by atoms with Crippen LogP contribution in [0.1, 0.15) is 31.1 Å². The van der Waals surface area contributed by atoms with Crippen molar-refractivity contribution in [3.05, 3.63) is 21.3 Å². The summed E-state index contributed by atoms with van der Waals surface area (Å²) in [4.78, 5) is 4.02. The lowest BCUT2D eigenvalue weighted by molar-refractivity contribution is 0.155. The summed E-state index contributed by atoms with van der Waals surface area (Å²) in [5.41, 5.74) is 0. The van der Waals surface area contributed by atoms with E-state index in [-0.39, 0.29) is 0 Å². The van der Waals surface area contributed by atoms with Gasteiger partial charge in [-0.1, -0.05) is 18.5 Å². The van der Waals surface area contributed by atoms with Crippen LogP contribution in [-0.4, -0.2) is 30.6 Å². The van der Waals surface area contributed by atoms with Crippen LogP contribution in [0.5, 0.6) is 0 Å². The van der Waals surface area contributed by atoms with Gasteiger partial charge in [0.05, 0.1) is 4.34 Å². The van der Waals surface area contributed by atoms with Crippen molar-refractivity contribution in [2.24, 2.45) is 0 Å². The molecule has 1 aromatic rings. The molecule has 96 valence electrons. The van der Waals surface area contributed by atoms with E-state index >= 15 is 0 Å². The SMILES string of the molecule is CCCN(Cc1ccc(Cl)s1)C1CCNCC1. The van der Waals surface area contributed by atoms with Gasteiger partial charge in [-0.05, 0) is 51.0 Å². The van der Waals surface area contributed by atoms with Crippen LogP contribution < -0.4 is 5.32 Å². The third-order valence-electron chi connectivity index (χ3n) is 3.32. The second-order valence-corrected chi connectivity index (χ2v) is 6.46. The van der Waals surface area contributed by atoms with Gasteiger partial charge in [0.15, 0.2) is 0 Å². The first-order valence-corrected chi connectivity index (χ1v) is 7.68. The van der Waals surface area contributed by atoms with Gasteiger partial charge in [0, 0.05) is 17.5 Å². The summed E-state index contributed by atoms with van der Waals surface area (Å²) in [5.74, 6) is 0. The standard InChI is InChI=1S/C13H21ClN2S/c1-2-9-16(11-5-7-15-8-6-11)10-12-3-4-13(14)17-12/h3-4,11,15H,2,5-10H2,1H3. The first-order chi connectivity index (χ1) is 8.29. The first kappa shape index (κ1) is 13.3. The van der Waals surface area contributed by atoms with E-state index in [2.05, 4.69) is 23.2 Å². The van der Waals surface area contributed by atoms with Crippen molar-refractivity contribution in [2.45, 2.75) is 38.8 Å². The Balaban J connectivity index is 1.95. The van der Waals surface area contributed by atoms with Gasteiger partial charge in [-0.3, -0.25) is 4.90 Å². The summed E-state index contributed by atoms with van der Waals surface area (Å²) in [5, 5.41) is 3.43. The number of hydrogen-bond acceptors (Lipinski definition) is 3. The van der Waals surface area contributed by atoms with Crippen LogP contribution in [0.4, 0.5) is 0 Å². The molecular formula is C13H21ClN2S. The zero-order valence-corrected chi connectivity index (χ0v) is 12.0. The smallest absolute Gasteiger partial charge is 0.0931 e. The summed E-state index contributed by atoms with van der Waals surface area (Å²) in [6, 6.07) is 4.92. The van der Waals surface area contributed by atoms with Crippen molar-refractivity contribution < 1.29 is 0 Å². The molecule has 0 aromatic carbocycles. The molecule has 2 rings (SSSR count). The summed E-state index contributed by atoms with van der Waals surface area (Å²) in [7, 11) is 0. The molecule has 0 aliphatic carbocycles. The quantitative estimate of drug-likeness (QED) is 0.884. The van der Waals surface area contributed by atoms with E-state index in [4.69, 9.17) is 11.6 Å². The zero-order valence-electron chi connectivity index (χ0n) is 10.4. The summed E-state index contributed by atoms with van der Waals surface area (Å²) in [6.45, 7) is 6.84. The number of nitrogens with one attached hydrogen (secondary N) is 1. The second-order valence-electron chi connectivity index (χ2n) is 4.66. The predicted octanol–water partition coefficient (Wildman–Crippen LogP) is 3.37. The van der Waals surface area contributed by atoms with Crippen molar-refractivity contribution in [3.8, 4) is 0 Å². The Bertz CT molecular complexity index is 334. The normalized spacial score (nSPS) is 17.8. The van der Waals surface area contributed by atoms with E-state index < -0.39 is 0 Å². The van der Waals surface area contributed by atoms with Crippen molar-refractivity contribution >= 4 is 22.9 Å². The Kier molecular flexibility index (Phi) is 5.29. The fraction of sp³-hybridized carbons (Fsp3) is 0.692. The summed E-state index contributed by atoms with van der Waals surface area (Å²) >= 11 is 7.71. The van der Waals surface area contributed by atoms with Gasteiger partial charge >= 0.3 is 0 Å². The Morgan fingerprint density at radius 3 is 2.76 bits per heavy atom. The molecule has 1 aromatic heterocycles. The molecule has 1 saturated heterocycles. The minimum Gasteiger partial charge on any atom is -0.317 e. The fourth-order valence-electron chi connectivity index (χ4n) is 2.49. The van der Waals surface area contributed by atoms with Crippen LogP contribution in [0.15, 0.2) is 12.1 Å². The number of nitrogens with zero attached hydrogens (tertiary/aromatic N) is 1. The molecule has 0 unspecified atom stereocenters. The highest BCUT2D eigenvalue weighted by molar-refractivity contribution is 7.16. The van der Waals surface area contributed by atoms with Crippen molar-refractivity contribution in [2.75, 3.05) is 19.6 Å². The van der Waals surface area contributed by atoms with Crippen molar-refractivity contribution in [1.29, 1.82) is 0 Å². The molecule has 1 aliphatic rings. The molecule has 0 saturated carbocycles. The molecular weight excluding hydrogens is 252 g/mol. The maximum atomic E-state index is 6.00. The van der Waals surface area contributed by atoms with Gasteiger partial charge in [-0.2, -0.15) is 0 Å². The summed E-state index contributed by atoms with van der Waals surface area (Å²) in [6.07, 6.45) is 3.78. The molecule has 0 bridgehead atoms. The average Bonchev–Trinajstić information content (AvgIpc) is 2.75. The molecule has 0 amide bonds. The molecule has 2 nitrogen and oxygen atoms in total. The number of hydrogen-bond donors (Lipinski definition) is 1. The lowest BCUT2D eigenvalue weighted by Gasteiger charge is -2.34. The zero-order chi connectivity index (χ0) is 12.1. The Morgan fingerprint density at radius 2 is 2.18 bits per heavy atom. The molecule has 0 spiro atoms. The third-order valence-corrected chi connectivity index (χ3v) is 4.54. The topological polar surface area (TPSA) is 15.3 Å². The fourth-order valence-corrected chi connectivity index (χ4v) is 3.60. The van der Waals surface area contributed by atoms with E-state index in [9.17, 15) is 0 Å². The van der Waals surface area contributed by atoms with E-state index in [1.165, 1.54) is 30.7 Å². The van der Waals surface area contributed by atoms with Crippen molar-refractivity contribution in [1.82, 2.24) is 10.2 Å². The van der Waals surface area contributed by atoms with E-state index in [0.717, 1.165) is 30.0 Å². The van der Waals surface area contributed by atoms with E-state index in [1.807, 2.05) is 6.07 Å². The van der Waals surface area contributed by atoms with Crippen LogP contribution in [-0.2, 0) is 6.54 Å². The molecule has 2 heterocycles. The molecule has 0 radical (unpaired) electrons. The van der Waals surface area contributed by atoms with E-state index in [1.54, 1.807) is 11.3 Å². The van der Waals surface area contributed by atoms with Crippen LogP contribution in [0.3, 0.4) is 0 Å². The Labute approximate surface area is 113 Å². The van der Waals surface area contributed by atoms with Crippen molar-refractivity contribution in [3.63, 3.8) is 0 Å². The number of piperidine rings is 1. The van der Waals surface area contributed by atoms with E-state index in [0.29, 0.717) is 0 Å². The number of rotatable bonds is 5.